The molecule has 1 saturated heterocycles. The lowest BCUT2D eigenvalue weighted by molar-refractivity contribution is 0.0501. The van der Waals surface area contributed by atoms with Crippen molar-refractivity contribution >= 4 is 10.0 Å². The number of nitrogens with one attached hydrogen (secondary N) is 1. The van der Waals surface area contributed by atoms with Crippen LogP contribution in [0.25, 0.3) is 0 Å². The van der Waals surface area contributed by atoms with Gasteiger partial charge in [0.05, 0.1) is 12.2 Å². The largest absolute Gasteiger partial charge is 0.492 e. The molecule has 5 rings (SSSR count). The Balaban J connectivity index is 1.40. The number of nitrogens with zero attached hydrogens (tertiary/aromatic N) is 3. The Morgan fingerprint density at radius 2 is 1.94 bits per heavy atom. The quantitative estimate of drug-likeness (QED) is 0.597. The molecule has 8 heteroatoms. The van der Waals surface area contributed by atoms with E-state index < -0.39 is 10.0 Å². The second-order valence-corrected chi connectivity index (χ2v) is 10.4. The van der Waals surface area contributed by atoms with E-state index in [9.17, 15) is 8.42 Å². The lowest BCUT2D eigenvalue weighted by atomic mass is 9.81. The molecule has 0 bridgehead atoms. The van der Waals surface area contributed by atoms with Crippen molar-refractivity contribution in [2.45, 2.75) is 36.2 Å². The molecule has 2 aliphatic heterocycles. The molecule has 0 spiro atoms. The van der Waals surface area contributed by atoms with Gasteiger partial charge in [-0.25, -0.2) is 13.1 Å². The van der Waals surface area contributed by atoms with Crippen molar-refractivity contribution in [1.82, 2.24) is 19.4 Å². The summed E-state index contributed by atoms with van der Waals surface area (Å²) >= 11 is 0. The van der Waals surface area contributed by atoms with Crippen molar-refractivity contribution in [2.75, 3.05) is 19.7 Å². The zero-order chi connectivity index (χ0) is 22.1. The second kappa shape index (κ2) is 8.69. The smallest absolute Gasteiger partial charge is 0.243 e. The SMILES string of the molecule is Cn1cc(S(=O)(=O)NCc2ccc3c(c2)C(Cc2ccccc2)C(N2CCC2)CO3)cn1. The molecule has 2 unspecified atom stereocenters. The molecule has 2 aliphatic rings. The number of fused-ring (bicyclic) bond motifs is 1. The van der Waals surface area contributed by atoms with E-state index in [0.29, 0.717) is 18.6 Å². The van der Waals surface area contributed by atoms with Crippen LogP contribution < -0.4 is 9.46 Å². The monoisotopic (exact) mass is 452 g/mol. The van der Waals surface area contributed by atoms with Gasteiger partial charge in [0.15, 0.2) is 0 Å². The Labute approximate surface area is 189 Å². The minimum Gasteiger partial charge on any atom is -0.492 e. The summed E-state index contributed by atoms with van der Waals surface area (Å²) in [5.41, 5.74) is 3.38. The summed E-state index contributed by atoms with van der Waals surface area (Å²) in [7, 11) is -1.91. The average molecular weight is 453 g/mol. The molecule has 3 heterocycles. The summed E-state index contributed by atoms with van der Waals surface area (Å²) in [6.07, 6.45) is 5.02. The first-order valence-electron chi connectivity index (χ1n) is 11.0. The highest BCUT2D eigenvalue weighted by atomic mass is 32.2. The molecule has 0 saturated carbocycles. The predicted molar refractivity (Wildman–Crippen MR) is 122 cm³/mol. The first-order chi connectivity index (χ1) is 15.5. The fourth-order valence-corrected chi connectivity index (χ4v) is 5.57. The summed E-state index contributed by atoms with van der Waals surface area (Å²) < 4.78 is 35.5. The molecular formula is C24H28N4O3S. The number of aryl methyl sites for hydroxylation is 1. The Morgan fingerprint density at radius 3 is 2.62 bits per heavy atom. The first kappa shape index (κ1) is 21.2. The molecule has 2 atom stereocenters. The van der Waals surface area contributed by atoms with Crippen molar-refractivity contribution in [2.24, 2.45) is 7.05 Å². The number of aromatic nitrogens is 2. The van der Waals surface area contributed by atoms with Crippen LogP contribution in [-0.4, -0.2) is 48.8 Å². The topological polar surface area (TPSA) is 76.5 Å². The van der Waals surface area contributed by atoms with Gasteiger partial charge in [0, 0.05) is 25.7 Å². The minimum absolute atomic E-state index is 0.168. The number of rotatable bonds is 7. The Hall–Kier alpha value is -2.68. The molecule has 0 aliphatic carbocycles. The van der Waals surface area contributed by atoms with E-state index >= 15 is 0 Å². The summed E-state index contributed by atoms with van der Waals surface area (Å²) in [4.78, 5) is 2.68. The van der Waals surface area contributed by atoms with E-state index in [2.05, 4.69) is 45.1 Å². The number of likely N-dealkylation sites (tertiary alicyclic amines) is 1. The van der Waals surface area contributed by atoms with Gasteiger partial charge >= 0.3 is 0 Å². The maximum Gasteiger partial charge on any atom is 0.243 e. The van der Waals surface area contributed by atoms with Crippen LogP contribution in [0.1, 0.15) is 29.0 Å². The third-order valence-corrected chi connectivity index (χ3v) is 7.82. The van der Waals surface area contributed by atoms with E-state index in [1.165, 1.54) is 29.1 Å². The van der Waals surface area contributed by atoms with E-state index in [1.807, 2.05) is 18.2 Å². The maximum absolute atomic E-state index is 12.6. The van der Waals surface area contributed by atoms with Crippen LogP contribution in [-0.2, 0) is 30.0 Å². The summed E-state index contributed by atoms with van der Waals surface area (Å²) in [6.45, 7) is 3.13. The van der Waals surface area contributed by atoms with Crippen LogP contribution in [0.3, 0.4) is 0 Å². The minimum atomic E-state index is -3.61. The normalized spacial score (nSPS) is 20.9. The summed E-state index contributed by atoms with van der Waals surface area (Å²) in [5.74, 6) is 1.21. The second-order valence-electron chi connectivity index (χ2n) is 8.61. The van der Waals surface area contributed by atoms with Crippen molar-refractivity contribution in [3.8, 4) is 5.75 Å². The fraction of sp³-hybridized carbons (Fsp3) is 0.375. The van der Waals surface area contributed by atoms with Crippen molar-refractivity contribution in [1.29, 1.82) is 0 Å². The molecule has 7 nitrogen and oxygen atoms in total. The van der Waals surface area contributed by atoms with Gasteiger partial charge in [0.25, 0.3) is 0 Å². The highest BCUT2D eigenvalue weighted by molar-refractivity contribution is 7.89. The predicted octanol–water partition coefficient (Wildman–Crippen LogP) is 2.69. The molecule has 1 aromatic heterocycles. The summed E-state index contributed by atoms with van der Waals surface area (Å²) in [5, 5.41) is 3.96. The van der Waals surface area contributed by atoms with Crippen LogP contribution in [0.15, 0.2) is 65.8 Å². The number of ether oxygens (including phenoxy) is 1. The Kier molecular flexibility index (Phi) is 5.75. The van der Waals surface area contributed by atoms with E-state index in [1.54, 1.807) is 7.05 Å². The molecular weight excluding hydrogens is 424 g/mol. The standard InChI is InChI=1S/C24H28N4O3S/c1-27-16-20(15-25-27)32(29,30)26-14-19-8-9-24-22(13-19)21(12-18-6-3-2-4-7-18)23(17-31-24)28-10-5-11-28/h2-4,6-9,13,15-16,21,23,26H,5,10-12,14,17H2,1H3. The van der Waals surface area contributed by atoms with Gasteiger partial charge in [-0.3, -0.25) is 9.58 Å². The van der Waals surface area contributed by atoms with E-state index in [4.69, 9.17) is 4.74 Å². The van der Waals surface area contributed by atoms with E-state index in [0.717, 1.165) is 36.4 Å². The van der Waals surface area contributed by atoms with Gasteiger partial charge in [-0.05, 0) is 48.7 Å². The highest BCUT2D eigenvalue weighted by Crippen LogP contribution is 2.40. The molecule has 3 aromatic rings. The zero-order valence-electron chi connectivity index (χ0n) is 18.1. The van der Waals surface area contributed by atoms with Crippen LogP contribution >= 0.6 is 0 Å². The van der Waals surface area contributed by atoms with Gasteiger partial charge in [0.2, 0.25) is 10.0 Å². The zero-order valence-corrected chi connectivity index (χ0v) is 19.0. The van der Waals surface area contributed by atoms with Crippen molar-refractivity contribution < 1.29 is 13.2 Å². The average Bonchev–Trinajstić information content (AvgIpc) is 3.21. The molecule has 168 valence electrons. The highest BCUT2D eigenvalue weighted by Gasteiger charge is 2.37. The lowest BCUT2D eigenvalue weighted by Crippen LogP contribution is -2.52. The molecule has 1 N–H and O–H groups in total. The molecule has 2 aromatic carbocycles. The Bertz CT molecular complexity index is 1190. The fourth-order valence-electron chi connectivity index (χ4n) is 4.57. The number of benzene rings is 2. The van der Waals surface area contributed by atoms with Crippen molar-refractivity contribution in [3.63, 3.8) is 0 Å². The van der Waals surface area contributed by atoms with Crippen molar-refractivity contribution in [3.05, 3.63) is 77.6 Å². The molecule has 0 radical (unpaired) electrons. The summed E-state index contributed by atoms with van der Waals surface area (Å²) in [6, 6.07) is 16.9. The number of sulfonamides is 1. The first-order valence-corrected chi connectivity index (χ1v) is 12.5. The van der Waals surface area contributed by atoms with Gasteiger partial charge in [0.1, 0.15) is 17.3 Å². The van der Waals surface area contributed by atoms with Crippen LogP contribution in [0, 0.1) is 0 Å². The van der Waals surface area contributed by atoms with Crippen LogP contribution in [0.2, 0.25) is 0 Å². The van der Waals surface area contributed by atoms with Gasteiger partial charge in [-0.15, -0.1) is 0 Å². The lowest BCUT2D eigenvalue weighted by Gasteiger charge is -2.45. The number of hydrogen-bond donors (Lipinski definition) is 1. The molecule has 1 fully saturated rings. The Morgan fingerprint density at radius 1 is 1.12 bits per heavy atom. The number of hydrogen-bond acceptors (Lipinski definition) is 5. The maximum atomic E-state index is 12.6. The molecule has 0 amide bonds. The third-order valence-electron chi connectivity index (χ3n) is 6.46. The van der Waals surface area contributed by atoms with Gasteiger partial charge in [-0.2, -0.15) is 5.10 Å². The van der Waals surface area contributed by atoms with Crippen LogP contribution in [0.4, 0.5) is 0 Å². The van der Waals surface area contributed by atoms with E-state index in [-0.39, 0.29) is 11.4 Å². The van der Waals surface area contributed by atoms with Crippen LogP contribution in [0.5, 0.6) is 5.75 Å². The third kappa shape index (κ3) is 4.30. The molecule has 32 heavy (non-hydrogen) atoms. The van der Waals surface area contributed by atoms with Gasteiger partial charge < -0.3 is 4.74 Å². The van der Waals surface area contributed by atoms with Gasteiger partial charge in [-0.1, -0.05) is 42.5 Å².